The number of hydrogen-bond donors (Lipinski definition) is 1. The number of nitrogens with one attached hydrogen (secondary N) is 1. The molecule has 3 aromatic carbocycles. The second-order valence-electron chi connectivity index (χ2n) is 7.42. The van der Waals surface area contributed by atoms with Gasteiger partial charge in [0.2, 0.25) is 15.9 Å². The fraction of sp³-hybridized carbons (Fsp3) is 0.208. The summed E-state index contributed by atoms with van der Waals surface area (Å²) in [6.45, 7) is 3.56. The maximum atomic E-state index is 13.3. The third-order valence-electron chi connectivity index (χ3n) is 5.09. The monoisotopic (exact) mass is 456 g/mol. The summed E-state index contributed by atoms with van der Waals surface area (Å²) >= 11 is 5.94. The molecule has 0 fully saturated rings. The fourth-order valence-electron chi connectivity index (χ4n) is 3.56. The molecule has 0 saturated carbocycles. The quantitative estimate of drug-likeness (QED) is 0.560. The van der Waals surface area contributed by atoms with E-state index in [-0.39, 0.29) is 0 Å². The molecule has 0 aromatic heterocycles. The maximum Gasteiger partial charge on any atom is 0.244 e. The van der Waals surface area contributed by atoms with E-state index in [4.69, 9.17) is 11.6 Å². The summed E-state index contributed by atoms with van der Waals surface area (Å²) in [6.07, 6.45) is 1.08. The third kappa shape index (κ3) is 5.46. The van der Waals surface area contributed by atoms with Crippen LogP contribution in [0.3, 0.4) is 0 Å². The van der Waals surface area contributed by atoms with E-state index in [1.54, 1.807) is 31.2 Å². The van der Waals surface area contributed by atoms with E-state index in [9.17, 15) is 13.2 Å². The number of hydrogen-bond acceptors (Lipinski definition) is 3. The number of nitrogens with zero attached hydrogens (tertiary/aromatic N) is 1. The molecule has 0 aliphatic carbocycles. The molecule has 1 amide bonds. The van der Waals surface area contributed by atoms with E-state index >= 15 is 0 Å². The highest BCUT2D eigenvalue weighted by Gasteiger charge is 2.31. The van der Waals surface area contributed by atoms with Gasteiger partial charge in [-0.1, -0.05) is 66.2 Å². The smallest absolute Gasteiger partial charge is 0.244 e. The lowest BCUT2D eigenvalue weighted by Crippen LogP contribution is -2.48. The number of anilines is 1. The first-order chi connectivity index (χ1) is 14.7. The number of carbonyl (C=O) groups is 1. The Morgan fingerprint density at radius 2 is 1.52 bits per heavy atom. The van der Waals surface area contributed by atoms with Crippen LogP contribution in [-0.2, 0) is 14.8 Å². The van der Waals surface area contributed by atoms with Gasteiger partial charge in [0.1, 0.15) is 6.04 Å². The standard InChI is InChI=1S/C24H25ClN2O3S/c1-17-9-7-8-12-22(17)23(19-10-5-4-6-11-19)26-24(28)18(2)27(31(3,29)30)21-15-13-20(25)14-16-21/h4-16,18,23H,1-3H3,(H,26,28)/t18-,23-/m1/s1. The Kier molecular flexibility index (Phi) is 7.03. The van der Waals surface area contributed by atoms with Crippen LogP contribution in [0.25, 0.3) is 0 Å². The van der Waals surface area contributed by atoms with Crippen molar-refractivity contribution in [1.29, 1.82) is 0 Å². The Balaban J connectivity index is 1.96. The molecule has 0 spiro atoms. The normalized spacial score (nSPS) is 13.3. The zero-order valence-corrected chi connectivity index (χ0v) is 19.2. The molecule has 0 aliphatic rings. The highest BCUT2D eigenvalue weighted by molar-refractivity contribution is 7.92. The highest BCUT2D eigenvalue weighted by Crippen LogP contribution is 2.27. The molecule has 3 aromatic rings. The van der Waals surface area contributed by atoms with Gasteiger partial charge in [-0.15, -0.1) is 0 Å². The molecular formula is C24H25ClN2O3S. The average molecular weight is 457 g/mol. The van der Waals surface area contributed by atoms with Gasteiger partial charge in [0.15, 0.2) is 0 Å². The molecular weight excluding hydrogens is 432 g/mol. The summed E-state index contributed by atoms with van der Waals surface area (Å²) < 4.78 is 26.2. The van der Waals surface area contributed by atoms with Crippen LogP contribution in [0, 0.1) is 6.92 Å². The molecule has 3 rings (SSSR count). The van der Waals surface area contributed by atoms with Crippen LogP contribution in [-0.4, -0.2) is 26.6 Å². The number of rotatable bonds is 7. The molecule has 0 bridgehead atoms. The summed E-state index contributed by atoms with van der Waals surface area (Å²) in [5.41, 5.74) is 3.27. The minimum atomic E-state index is -3.72. The van der Waals surface area contributed by atoms with E-state index in [0.717, 1.165) is 27.3 Å². The number of aryl methyl sites for hydroxylation is 1. The highest BCUT2D eigenvalue weighted by atomic mass is 35.5. The molecule has 0 saturated heterocycles. The van der Waals surface area contributed by atoms with Crippen LogP contribution >= 0.6 is 11.6 Å². The predicted molar refractivity (Wildman–Crippen MR) is 126 cm³/mol. The second kappa shape index (κ2) is 9.54. The first kappa shape index (κ1) is 22.8. The molecule has 2 atom stereocenters. The summed E-state index contributed by atoms with van der Waals surface area (Å²) in [5, 5.41) is 3.54. The van der Waals surface area contributed by atoms with Crippen LogP contribution in [0.4, 0.5) is 5.69 Å². The Morgan fingerprint density at radius 1 is 0.935 bits per heavy atom. The van der Waals surface area contributed by atoms with Crippen LogP contribution in [0.5, 0.6) is 0 Å². The first-order valence-electron chi connectivity index (χ1n) is 9.84. The SMILES string of the molecule is Cc1ccccc1[C@H](NC(=O)[C@@H](C)N(c1ccc(Cl)cc1)S(C)(=O)=O)c1ccccc1. The van der Waals surface area contributed by atoms with Crippen molar-refractivity contribution < 1.29 is 13.2 Å². The molecule has 0 heterocycles. The molecule has 5 nitrogen and oxygen atoms in total. The van der Waals surface area contributed by atoms with E-state index in [2.05, 4.69) is 5.32 Å². The molecule has 1 N–H and O–H groups in total. The minimum absolute atomic E-state index is 0.377. The van der Waals surface area contributed by atoms with Gasteiger partial charge in [0, 0.05) is 5.02 Å². The Bertz CT molecular complexity index is 1150. The topological polar surface area (TPSA) is 66.5 Å². The van der Waals surface area contributed by atoms with Gasteiger partial charge in [-0.3, -0.25) is 9.10 Å². The Morgan fingerprint density at radius 3 is 2.10 bits per heavy atom. The average Bonchev–Trinajstić information content (AvgIpc) is 2.73. The van der Waals surface area contributed by atoms with E-state index in [0.29, 0.717) is 10.7 Å². The van der Waals surface area contributed by atoms with Crippen molar-refractivity contribution in [2.45, 2.75) is 25.9 Å². The van der Waals surface area contributed by atoms with Crippen LogP contribution in [0.2, 0.25) is 5.02 Å². The van der Waals surface area contributed by atoms with Crippen molar-refractivity contribution >= 4 is 33.2 Å². The largest absolute Gasteiger partial charge is 0.343 e. The first-order valence-corrected chi connectivity index (χ1v) is 12.1. The van der Waals surface area contributed by atoms with Crippen molar-refractivity contribution in [3.8, 4) is 0 Å². The number of sulfonamides is 1. The number of amides is 1. The Labute approximate surface area is 188 Å². The van der Waals surface area contributed by atoms with Crippen molar-refractivity contribution in [3.05, 3.63) is 101 Å². The minimum Gasteiger partial charge on any atom is -0.343 e. The summed E-state index contributed by atoms with van der Waals surface area (Å²) in [4.78, 5) is 13.3. The fourth-order valence-corrected chi connectivity index (χ4v) is 4.86. The molecule has 0 aliphatic heterocycles. The van der Waals surface area contributed by atoms with Gasteiger partial charge in [-0.05, 0) is 54.8 Å². The summed E-state index contributed by atoms with van der Waals surface area (Å²) in [5.74, 6) is -0.405. The zero-order chi connectivity index (χ0) is 22.6. The van der Waals surface area contributed by atoms with Crippen LogP contribution in [0.15, 0.2) is 78.9 Å². The van der Waals surface area contributed by atoms with Gasteiger partial charge in [0.05, 0.1) is 18.0 Å². The number of carbonyl (C=O) groups excluding carboxylic acids is 1. The van der Waals surface area contributed by atoms with E-state index < -0.39 is 28.0 Å². The van der Waals surface area contributed by atoms with Crippen molar-refractivity contribution in [1.82, 2.24) is 5.32 Å². The number of halogens is 1. The lowest BCUT2D eigenvalue weighted by atomic mass is 9.94. The number of benzene rings is 3. The zero-order valence-electron chi connectivity index (χ0n) is 17.6. The van der Waals surface area contributed by atoms with Crippen molar-refractivity contribution in [2.24, 2.45) is 0 Å². The molecule has 31 heavy (non-hydrogen) atoms. The van der Waals surface area contributed by atoms with Crippen LogP contribution in [0.1, 0.15) is 29.7 Å². The van der Waals surface area contributed by atoms with E-state index in [1.165, 1.54) is 0 Å². The van der Waals surface area contributed by atoms with E-state index in [1.807, 2.05) is 61.5 Å². The van der Waals surface area contributed by atoms with Gasteiger partial charge in [0.25, 0.3) is 0 Å². The van der Waals surface area contributed by atoms with Gasteiger partial charge in [-0.2, -0.15) is 0 Å². The lowest BCUT2D eigenvalue weighted by molar-refractivity contribution is -0.122. The molecule has 0 radical (unpaired) electrons. The van der Waals surface area contributed by atoms with Gasteiger partial charge in [-0.25, -0.2) is 8.42 Å². The summed E-state index contributed by atoms with van der Waals surface area (Å²) in [6, 6.07) is 22.4. The Hall–Kier alpha value is -2.83. The summed E-state index contributed by atoms with van der Waals surface area (Å²) in [7, 11) is -3.72. The second-order valence-corrected chi connectivity index (χ2v) is 9.72. The molecule has 7 heteroatoms. The van der Waals surface area contributed by atoms with Crippen LogP contribution < -0.4 is 9.62 Å². The maximum absolute atomic E-state index is 13.3. The van der Waals surface area contributed by atoms with Crippen molar-refractivity contribution in [3.63, 3.8) is 0 Å². The van der Waals surface area contributed by atoms with Crippen molar-refractivity contribution in [2.75, 3.05) is 10.6 Å². The molecule has 162 valence electrons. The van der Waals surface area contributed by atoms with Gasteiger partial charge >= 0.3 is 0 Å². The predicted octanol–water partition coefficient (Wildman–Crippen LogP) is 4.71. The van der Waals surface area contributed by atoms with Gasteiger partial charge < -0.3 is 5.32 Å². The molecule has 0 unspecified atom stereocenters. The third-order valence-corrected chi connectivity index (χ3v) is 6.58. The lowest BCUT2D eigenvalue weighted by Gasteiger charge is -2.30.